The molecule has 14 heavy (non-hydrogen) atoms. The molecule has 3 nitrogen and oxygen atoms in total. The summed E-state index contributed by atoms with van der Waals surface area (Å²) in [5.74, 6) is 2.26. The van der Waals surface area contributed by atoms with Gasteiger partial charge >= 0.3 is 0 Å². The van der Waals surface area contributed by atoms with Crippen LogP contribution in [-0.4, -0.2) is 19.3 Å². The van der Waals surface area contributed by atoms with E-state index in [1.807, 2.05) is 6.07 Å². The Labute approximate surface area is 82.8 Å². The maximum absolute atomic E-state index is 5.80. The summed E-state index contributed by atoms with van der Waals surface area (Å²) in [5.41, 5.74) is 7.08. The van der Waals surface area contributed by atoms with Crippen molar-refractivity contribution in [2.75, 3.05) is 13.2 Å². The van der Waals surface area contributed by atoms with Crippen LogP contribution >= 0.6 is 0 Å². The predicted molar refractivity (Wildman–Crippen MR) is 52.8 cm³/mol. The maximum atomic E-state index is 5.80. The molecule has 1 heterocycles. The molecular weight excluding hydrogens is 178 g/mol. The SMILES string of the molecule is N[C@H]1C[C@H]1c1ccc2c(c1)OCCO2. The molecule has 1 saturated carbocycles. The third kappa shape index (κ3) is 1.24. The summed E-state index contributed by atoms with van der Waals surface area (Å²) < 4.78 is 11.0. The van der Waals surface area contributed by atoms with E-state index in [0.29, 0.717) is 25.2 Å². The maximum Gasteiger partial charge on any atom is 0.161 e. The first-order chi connectivity index (χ1) is 6.84. The van der Waals surface area contributed by atoms with Crippen molar-refractivity contribution < 1.29 is 9.47 Å². The molecular formula is C11H13NO2. The Bertz CT molecular complexity index is 364. The lowest BCUT2D eigenvalue weighted by molar-refractivity contribution is 0.171. The topological polar surface area (TPSA) is 44.5 Å². The molecule has 0 aromatic heterocycles. The average Bonchev–Trinajstić information content (AvgIpc) is 2.95. The fourth-order valence-corrected chi connectivity index (χ4v) is 1.89. The normalized spacial score (nSPS) is 28.6. The molecule has 0 bridgehead atoms. The molecule has 2 atom stereocenters. The standard InChI is InChI=1S/C11H13NO2/c12-9-6-8(9)7-1-2-10-11(5-7)14-4-3-13-10/h1-2,5,8-9H,3-4,6,12H2/t8-,9-/m0/s1. The van der Waals surface area contributed by atoms with E-state index in [4.69, 9.17) is 15.2 Å². The molecule has 1 aromatic carbocycles. The molecule has 2 N–H and O–H groups in total. The lowest BCUT2D eigenvalue weighted by Crippen LogP contribution is -2.15. The molecule has 1 aromatic rings. The lowest BCUT2D eigenvalue weighted by atomic mass is 10.1. The van der Waals surface area contributed by atoms with Gasteiger partial charge in [-0.05, 0) is 24.1 Å². The fraction of sp³-hybridized carbons (Fsp3) is 0.455. The molecule has 0 saturated heterocycles. The number of benzene rings is 1. The summed E-state index contributed by atoms with van der Waals surface area (Å²) >= 11 is 0. The summed E-state index contributed by atoms with van der Waals surface area (Å²) in [4.78, 5) is 0. The molecule has 3 rings (SSSR count). The van der Waals surface area contributed by atoms with Gasteiger partial charge in [0.15, 0.2) is 11.5 Å². The second-order valence-corrected chi connectivity index (χ2v) is 3.91. The molecule has 0 unspecified atom stereocenters. The second-order valence-electron chi connectivity index (χ2n) is 3.91. The summed E-state index contributed by atoms with van der Waals surface area (Å²) in [6.07, 6.45) is 1.10. The van der Waals surface area contributed by atoms with E-state index in [2.05, 4.69) is 12.1 Å². The summed E-state index contributed by atoms with van der Waals surface area (Å²) in [6.45, 7) is 1.29. The molecule has 0 spiro atoms. The summed E-state index contributed by atoms with van der Waals surface area (Å²) in [6, 6.07) is 6.48. The summed E-state index contributed by atoms with van der Waals surface area (Å²) in [7, 11) is 0. The number of rotatable bonds is 1. The zero-order valence-corrected chi connectivity index (χ0v) is 7.90. The quantitative estimate of drug-likeness (QED) is 0.727. The van der Waals surface area contributed by atoms with Crippen molar-refractivity contribution in [3.8, 4) is 11.5 Å². The van der Waals surface area contributed by atoms with Crippen LogP contribution in [0, 0.1) is 0 Å². The van der Waals surface area contributed by atoms with Gasteiger partial charge in [0.05, 0.1) is 0 Å². The van der Waals surface area contributed by atoms with Gasteiger partial charge < -0.3 is 15.2 Å². The van der Waals surface area contributed by atoms with Gasteiger partial charge in [-0.3, -0.25) is 0 Å². The van der Waals surface area contributed by atoms with Gasteiger partial charge in [-0.2, -0.15) is 0 Å². The van der Waals surface area contributed by atoms with Gasteiger partial charge in [0.25, 0.3) is 0 Å². The van der Waals surface area contributed by atoms with Crippen LogP contribution in [0.2, 0.25) is 0 Å². The van der Waals surface area contributed by atoms with E-state index >= 15 is 0 Å². The average molecular weight is 191 g/mol. The molecule has 0 radical (unpaired) electrons. The van der Waals surface area contributed by atoms with Gasteiger partial charge in [-0.15, -0.1) is 0 Å². The molecule has 1 aliphatic carbocycles. The minimum atomic E-state index is 0.345. The molecule has 1 aliphatic heterocycles. The zero-order chi connectivity index (χ0) is 9.54. The minimum Gasteiger partial charge on any atom is -0.486 e. The molecule has 0 amide bonds. The Hall–Kier alpha value is -1.22. The van der Waals surface area contributed by atoms with Crippen LogP contribution < -0.4 is 15.2 Å². The Morgan fingerprint density at radius 2 is 1.86 bits per heavy atom. The van der Waals surface area contributed by atoms with Crippen molar-refractivity contribution in [2.24, 2.45) is 5.73 Å². The predicted octanol–water partition coefficient (Wildman–Crippen LogP) is 1.27. The van der Waals surface area contributed by atoms with E-state index in [9.17, 15) is 0 Å². The first-order valence-corrected chi connectivity index (χ1v) is 5.00. The molecule has 2 aliphatic rings. The Balaban J connectivity index is 1.93. The Morgan fingerprint density at radius 1 is 1.14 bits per heavy atom. The smallest absolute Gasteiger partial charge is 0.161 e. The van der Waals surface area contributed by atoms with Crippen molar-refractivity contribution in [1.29, 1.82) is 0 Å². The van der Waals surface area contributed by atoms with E-state index in [1.165, 1.54) is 5.56 Å². The minimum absolute atomic E-state index is 0.345. The van der Waals surface area contributed by atoms with Crippen molar-refractivity contribution >= 4 is 0 Å². The van der Waals surface area contributed by atoms with E-state index in [-0.39, 0.29) is 0 Å². The van der Waals surface area contributed by atoms with Crippen molar-refractivity contribution in [2.45, 2.75) is 18.4 Å². The van der Waals surface area contributed by atoms with Crippen molar-refractivity contribution in [3.63, 3.8) is 0 Å². The number of fused-ring (bicyclic) bond motifs is 1. The Morgan fingerprint density at radius 3 is 2.57 bits per heavy atom. The number of hydrogen-bond donors (Lipinski definition) is 1. The molecule has 1 fully saturated rings. The van der Waals surface area contributed by atoms with Crippen LogP contribution in [0.25, 0.3) is 0 Å². The number of hydrogen-bond acceptors (Lipinski definition) is 3. The van der Waals surface area contributed by atoms with E-state index < -0.39 is 0 Å². The van der Waals surface area contributed by atoms with Crippen molar-refractivity contribution in [1.82, 2.24) is 0 Å². The van der Waals surface area contributed by atoms with Gasteiger partial charge in [0.2, 0.25) is 0 Å². The molecule has 74 valence electrons. The number of nitrogens with two attached hydrogens (primary N) is 1. The van der Waals surface area contributed by atoms with Crippen LogP contribution in [0.1, 0.15) is 17.9 Å². The first-order valence-electron chi connectivity index (χ1n) is 5.00. The zero-order valence-electron chi connectivity index (χ0n) is 7.90. The van der Waals surface area contributed by atoms with Crippen LogP contribution in [0.4, 0.5) is 0 Å². The van der Waals surface area contributed by atoms with Crippen molar-refractivity contribution in [3.05, 3.63) is 23.8 Å². The van der Waals surface area contributed by atoms with Crippen LogP contribution in [0.5, 0.6) is 11.5 Å². The van der Waals surface area contributed by atoms with Gasteiger partial charge in [0.1, 0.15) is 13.2 Å². The number of ether oxygens (including phenoxy) is 2. The highest BCUT2D eigenvalue weighted by molar-refractivity contribution is 5.46. The van der Waals surface area contributed by atoms with Crippen LogP contribution in [-0.2, 0) is 0 Å². The highest BCUT2D eigenvalue weighted by Gasteiger charge is 2.35. The lowest BCUT2D eigenvalue weighted by Gasteiger charge is -2.18. The van der Waals surface area contributed by atoms with E-state index in [0.717, 1.165) is 17.9 Å². The second kappa shape index (κ2) is 2.89. The van der Waals surface area contributed by atoms with Gasteiger partial charge in [-0.1, -0.05) is 6.07 Å². The Kier molecular flexibility index (Phi) is 1.67. The molecule has 3 heteroatoms. The fourth-order valence-electron chi connectivity index (χ4n) is 1.89. The summed E-state index contributed by atoms with van der Waals surface area (Å²) in [5, 5.41) is 0. The third-order valence-electron chi connectivity index (χ3n) is 2.83. The highest BCUT2D eigenvalue weighted by Crippen LogP contribution is 2.42. The van der Waals surface area contributed by atoms with Gasteiger partial charge in [0, 0.05) is 12.0 Å². The third-order valence-corrected chi connectivity index (χ3v) is 2.83. The van der Waals surface area contributed by atoms with E-state index in [1.54, 1.807) is 0 Å². The first kappa shape index (κ1) is 8.12. The largest absolute Gasteiger partial charge is 0.486 e. The van der Waals surface area contributed by atoms with Crippen LogP contribution in [0.3, 0.4) is 0 Å². The van der Waals surface area contributed by atoms with Crippen LogP contribution in [0.15, 0.2) is 18.2 Å². The van der Waals surface area contributed by atoms with Gasteiger partial charge in [-0.25, -0.2) is 0 Å². The highest BCUT2D eigenvalue weighted by atomic mass is 16.6. The monoisotopic (exact) mass is 191 g/mol.